The molecule has 0 spiro atoms. The highest BCUT2D eigenvalue weighted by molar-refractivity contribution is 5.82. The Morgan fingerprint density at radius 2 is 1.92 bits per heavy atom. The number of amides is 1. The highest BCUT2D eigenvalue weighted by Gasteiger charge is 2.18. The summed E-state index contributed by atoms with van der Waals surface area (Å²) in [6.07, 6.45) is 5.31. The highest BCUT2D eigenvalue weighted by atomic mass is 16.5. The lowest BCUT2D eigenvalue weighted by Gasteiger charge is -2.20. The van der Waals surface area contributed by atoms with Crippen LogP contribution in [0.2, 0.25) is 0 Å². The van der Waals surface area contributed by atoms with Crippen LogP contribution in [0.25, 0.3) is 11.0 Å². The third-order valence-electron chi connectivity index (χ3n) is 5.04. The summed E-state index contributed by atoms with van der Waals surface area (Å²) in [6.45, 7) is 3.59. The van der Waals surface area contributed by atoms with Gasteiger partial charge in [0, 0.05) is 36.5 Å². The predicted octanol–water partition coefficient (Wildman–Crippen LogP) is 3.45. The molecule has 1 saturated heterocycles. The molecule has 0 bridgehead atoms. The number of rotatable bonds is 4. The van der Waals surface area contributed by atoms with Gasteiger partial charge in [-0.1, -0.05) is 12.8 Å². The van der Waals surface area contributed by atoms with E-state index >= 15 is 0 Å². The summed E-state index contributed by atoms with van der Waals surface area (Å²) in [5, 5.41) is 0.887. The molecule has 1 amide bonds. The number of benzene rings is 1. The molecule has 0 atom stereocenters. The van der Waals surface area contributed by atoms with Gasteiger partial charge >= 0.3 is 5.63 Å². The van der Waals surface area contributed by atoms with Crippen molar-refractivity contribution < 1.29 is 13.9 Å². The number of hydrogen-bond donors (Lipinski definition) is 0. The molecule has 1 aliphatic heterocycles. The molecule has 0 saturated carbocycles. The molecule has 2 aromatic rings. The number of aryl methyl sites for hydroxylation is 1. The summed E-state index contributed by atoms with van der Waals surface area (Å²) in [4.78, 5) is 26.8. The Kier molecular flexibility index (Phi) is 5.41. The van der Waals surface area contributed by atoms with E-state index in [1.54, 1.807) is 13.2 Å². The summed E-state index contributed by atoms with van der Waals surface area (Å²) in [5.41, 5.74) is 1.64. The van der Waals surface area contributed by atoms with Crippen molar-refractivity contribution in [1.29, 1.82) is 0 Å². The minimum atomic E-state index is -0.359. The van der Waals surface area contributed by atoms with Crippen LogP contribution in [0.15, 0.2) is 27.4 Å². The second-order valence-electron chi connectivity index (χ2n) is 6.65. The molecule has 1 aromatic carbocycles. The molecule has 1 fully saturated rings. The maximum absolute atomic E-state index is 12.5. The monoisotopic (exact) mass is 343 g/mol. The molecule has 0 N–H and O–H groups in total. The molecule has 0 aliphatic carbocycles. The van der Waals surface area contributed by atoms with Gasteiger partial charge in [0.15, 0.2) is 0 Å². The fourth-order valence-corrected chi connectivity index (χ4v) is 3.50. The Morgan fingerprint density at radius 1 is 1.20 bits per heavy atom. The van der Waals surface area contributed by atoms with E-state index in [4.69, 9.17) is 9.15 Å². The third kappa shape index (κ3) is 3.86. The molecular formula is C20H25NO4. The molecule has 5 heteroatoms. The first-order chi connectivity index (χ1) is 12.1. The predicted molar refractivity (Wildman–Crippen MR) is 97.1 cm³/mol. The fraction of sp³-hybridized carbons (Fsp3) is 0.500. The number of likely N-dealkylation sites (tertiary alicyclic amines) is 1. The van der Waals surface area contributed by atoms with E-state index in [1.807, 2.05) is 24.0 Å². The quantitative estimate of drug-likeness (QED) is 0.798. The first-order valence-corrected chi connectivity index (χ1v) is 8.98. The molecule has 1 aromatic heterocycles. The van der Waals surface area contributed by atoms with Gasteiger partial charge in [-0.25, -0.2) is 4.79 Å². The number of methoxy groups -OCH3 is 1. The maximum Gasteiger partial charge on any atom is 0.339 e. The van der Waals surface area contributed by atoms with E-state index in [0.29, 0.717) is 29.7 Å². The lowest BCUT2D eigenvalue weighted by Crippen LogP contribution is -2.32. The molecule has 3 rings (SSSR count). The number of fused-ring (bicyclic) bond motifs is 1. The van der Waals surface area contributed by atoms with Gasteiger partial charge in [0.25, 0.3) is 0 Å². The highest BCUT2D eigenvalue weighted by Crippen LogP contribution is 2.24. The van der Waals surface area contributed by atoms with Crippen molar-refractivity contribution >= 4 is 16.9 Å². The normalized spacial score (nSPS) is 15.2. The number of carbonyl (C=O) groups is 1. The fourth-order valence-electron chi connectivity index (χ4n) is 3.50. The number of nitrogens with zero attached hydrogens (tertiary/aromatic N) is 1. The summed E-state index contributed by atoms with van der Waals surface area (Å²) >= 11 is 0. The number of hydrogen-bond acceptors (Lipinski definition) is 4. The van der Waals surface area contributed by atoms with Crippen LogP contribution in [0.5, 0.6) is 5.75 Å². The smallest absolute Gasteiger partial charge is 0.339 e. The number of ether oxygens (including phenoxy) is 1. The van der Waals surface area contributed by atoms with Gasteiger partial charge in [-0.15, -0.1) is 0 Å². The average Bonchev–Trinajstić information content (AvgIpc) is 2.90. The van der Waals surface area contributed by atoms with Gasteiger partial charge in [-0.05, 0) is 43.9 Å². The van der Waals surface area contributed by atoms with Crippen LogP contribution in [-0.2, 0) is 11.2 Å². The van der Waals surface area contributed by atoms with Crippen molar-refractivity contribution in [3.8, 4) is 5.75 Å². The Balaban J connectivity index is 1.79. The largest absolute Gasteiger partial charge is 0.497 e. The van der Waals surface area contributed by atoms with E-state index in [9.17, 15) is 9.59 Å². The zero-order valence-electron chi connectivity index (χ0n) is 15.0. The van der Waals surface area contributed by atoms with Gasteiger partial charge in [-0.3, -0.25) is 4.79 Å². The van der Waals surface area contributed by atoms with Crippen molar-refractivity contribution in [2.45, 2.75) is 45.4 Å². The van der Waals surface area contributed by atoms with Crippen molar-refractivity contribution in [2.24, 2.45) is 0 Å². The minimum Gasteiger partial charge on any atom is -0.497 e. The molecule has 0 radical (unpaired) electrons. The Bertz CT molecular complexity index is 816. The average molecular weight is 343 g/mol. The van der Waals surface area contributed by atoms with E-state index in [-0.39, 0.29) is 11.5 Å². The van der Waals surface area contributed by atoms with Gasteiger partial charge in [0.2, 0.25) is 5.91 Å². The van der Waals surface area contributed by atoms with Gasteiger partial charge in [-0.2, -0.15) is 0 Å². The van der Waals surface area contributed by atoms with Crippen LogP contribution < -0.4 is 10.4 Å². The zero-order chi connectivity index (χ0) is 17.8. The van der Waals surface area contributed by atoms with Crippen LogP contribution in [0, 0.1) is 6.92 Å². The van der Waals surface area contributed by atoms with E-state index in [0.717, 1.165) is 36.9 Å². The Labute approximate surface area is 147 Å². The second-order valence-corrected chi connectivity index (χ2v) is 6.65. The van der Waals surface area contributed by atoms with E-state index in [2.05, 4.69) is 0 Å². The van der Waals surface area contributed by atoms with Crippen LogP contribution in [0.4, 0.5) is 0 Å². The van der Waals surface area contributed by atoms with Crippen molar-refractivity contribution in [1.82, 2.24) is 4.90 Å². The molecule has 1 aliphatic rings. The zero-order valence-corrected chi connectivity index (χ0v) is 15.0. The topological polar surface area (TPSA) is 59.8 Å². The van der Waals surface area contributed by atoms with Gasteiger partial charge in [0.1, 0.15) is 11.3 Å². The van der Waals surface area contributed by atoms with Crippen LogP contribution in [0.1, 0.15) is 43.2 Å². The molecule has 2 heterocycles. The SMILES string of the molecule is COc1ccc2c(C)c(CCC(=O)N3CCCCCC3)c(=O)oc2c1. The van der Waals surface area contributed by atoms with Gasteiger partial charge < -0.3 is 14.1 Å². The lowest BCUT2D eigenvalue weighted by molar-refractivity contribution is -0.131. The standard InChI is InChI=1S/C20H25NO4/c1-14-16-8-7-15(24-2)13-18(16)25-20(23)17(14)9-10-19(22)21-11-5-3-4-6-12-21/h7-8,13H,3-6,9-12H2,1-2H3. The summed E-state index contributed by atoms with van der Waals surface area (Å²) in [6, 6.07) is 5.46. The summed E-state index contributed by atoms with van der Waals surface area (Å²) in [5.74, 6) is 0.787. The molecule has 25 heavy (non-hydrogen) atoms. The molecule has 5 nitrogen and oxygen atoms in total. The first-order valence-electron chi connectivity index (χ1n) is 8.98. The molecule has 0 unspecified atom stereocenters. The van der Waals surface area contributed by atoms with E-state index in [1.165, 1.54) is 12.8 Å². The minimum absolute atomic E-state index is 0.135. The first kappa shape index (κ1) is 17.5. The van der Waals surface area contributed by atoms with Crippen LogP contribution in [-0.4, -0.2) is 31.0 Å². The molecule has 134 valence electrons. The van der Waals surface area contributed by atoms with Crippen molar-refractivity contribution in [3.05, 3.63) is 39.7 Å². The Hall–Kier alpha value is -2.30. The number of carbonyl (C=O) groups excluding carboxylic acids is 1. The van der Waals surface area contributed by atoms with Crippen LogP contribution >= 0.6 is 0 Å². The van der Waals surface area contributed by atoms with Gasteiger partial charge in [0.05, 0.1) is 7.11 Å². The summed E-state index contributed by atoms with van der Waals surface area (Å²) in [7, 11) is 1.58. The van der Waals surface area contributed by atoms with Crippen molar-refractivity contribution in [2.75, 3.05) is 20.2 Å². The van der Waals surface area contributed by atoms with Crippen LogP contribution in [0.3, 0.4) is 0 Å². The summed E-state index contributed by atoms with van der Waals surface area (Å²) < 4.78 is 10.6. The third-order valence-corrected chi connectivity index (χ3v) is 5.04. The van der Waals surface area contributed by atoms with E-state index < -0.39 is 0 Å². The lowest BCUT2D eigenvalue weighted by atomic mass is 10.0. The Morgan fingerprint density at radius 3 is 2.60 bits per heavy atom. The van der Waals surface area contributed by atoms with Crippen molar-refractivity contribution in [3.63, 3.8) is 0 Å². The maximum atomic E-state index is 12.5. The molecular weight excluding hydrogens is 318 g/mol. The second kappa shape index (κ2) is 7.72.